The van der Waals surface area contributed by atoms with Gasteiger partial charge < -0.3 is 4.57 Å². The van der Waals surface area contributed by atoms with Gasteiger partial charge in [-0.05, 0) is 24.1 Å². The van der Waals surface area contributed by atoms with Gasteiger partial charge in [-0.1, -0.05) is 110 Å². The van der Waals surface area contributed by atoms with Crippen LogP contribution in [0.3, 0.4) is 0 Å². The molecule has 0 aliphatic carbocycles. The second-order valence-corrected chi connectivity index (χ2v) is 9.80. The van der Waals surface area contributed by atoms with Crippen LogP contribution in [0.25, 0.3) is 22.6 Å². The summed E-state index contributed by atoms with van der Waals surface area (Å²) in [6.45, 7) is 4.16. The summed E-state index contributed by atoms with van der Waals surface area (Å²) in [5, 5.41) is 0. The molecule has 0 unspecified atom stereocenters. The van der Waals surface area contributed by atoms with Gasteiger partial charge in [0.15, 0.2) is 0 Å². The summed E-state index contributed by atoms with van der Waals surface area (Å²) in [4.78, 5) is 7.30. The zero-order valence-electron chi connectivity index (χ0n) is 22.2. The molecule has 39 heavy (non-hydrogen) atoms. The predicted octanol–water partition coefficient (Wildman–Crippen LogP) is 8.50. The minimum atomic E-state index is -0.527. The topological polar surface area (TPSA) is 21.1 Å². The Morgan fingerprint density at radius 2 is 1.26 bits per heavy atom. The second-order valence-electron chi connectivity index (χ2n) is 9.80. The highest BCUT2D eigenvalue weighted by Crippen LogP contribution is 2.32. The van der Waals surface area contributed by atoms with Crippen molar-refractivity contribution in [3.8, 4) is 22.6 Å². The quantitative estimate of drug-likeness (QED) is 0.174. The molecule has 0 saturated carbocycles. The van der Waals surface area contributed by atoms with Gasteiger partial charge in [0.25, 0.3) is 0 Å². The molecule has 0 amide bonds. The third-order valence-electron chi connectivity index (χ3n) is 6.95. The number of unbranched alkanes of at least 4 members (excludes halogenated alkanes) is 1. The summed E-state index contributed by atoms with van der Waals surface area (Å²) in [5.74, 6) is -0.142. The average Bonchev–Trinajstić information content (AvgIpc) is 3.33. The molecular weight excluding hydrogens is 488 g/mol. The summed E-state index contributed by atoms with van der Waals surface area (Å²) in [7, 11) is 0. The molecule has 5 aromatic rings. The molecule has 0 spiro atoms. The molecule has 0 fully saturated rings. The summed E-state index contributed by atoms with van der Waals surface area (Å²) >= 11 is 0. The van der Waals surface area contributed by atoms with E-state index >= 15 is 0 Å². The van der Waals surface area contributed by atoms with E-state index in [2.05, 4.69) is 40.7 Å². The van der Waals surface area contributed by atoms with Gasteiger partial charge in [-0.2, -0.15) is 0 Å². The Labute approximate surface area is 229 Å². The first-order chi connectivity index (χ1) is 19.1. The standard InChI is InChI=1S/C34H33F2N3/c1-2-3-22-39-32(33(27-16-9-5-10-17-27)37-34(39)28-18-11-6-12-19-28)25-38(23-26-14-7-4-8-15-26)24-29-30(35)20-13-21-31(29)36/h4-21H,2-3,22-25H2,1H3. The van der Waals surface area contributed by atoms with E-state index in [0.717, 1.165) is 53.3 Å². The molecule has 1 heterocycles. The largest absolute Gasteiger partial charge is 0.326 e. The number of benzene rings is 4. The highest BCUT2D eigenvalue weighted by Gasteiger charge is 2.23. The Kier molecular flexibility index (Phi) is 8.59. The van der Waals surface area contributed by atoms with E-state index in [1.807, 2.05) is 66.7 Å². The van der Waals surface area contributed by atoms with Crippen LogP contribution in [-0.4, -0.2) is 14.5 Å². The van der Waals surface area contributed by atoms with Crippen LogP contribution in [0.1, 0.15) is 36.6 Å². The first-order valence-corrected chi connectivity index (χ1v) is 13.5. The number of aromatic nitrogens is 2. The Balaban J connectivity index is 1.63. The van der Waals surface area contributed by atoms with E-state index in [9.17, 15) is 8.78 Å². The van der Waals surface area contributed by atoms with Gasteiger partial charge in [-0.15, -0.1) is 0 Å². The lowest BCUT2D eigenvalue weighted by atomic mass is 10.1. The fourth-order valence-electron chi connectivity index (χ4n) is 4.97. The summed E-state index contributed by atoms with van der Waals surface area (Å²) < 4.78 is 31.9. The molecule has 198 valence electrons. The number of rotatable bonds is 11. The summed E-state index contributed by atoms with van der Waals surface area (Å²) in [6, 6.07) is 34.5. The number of hydrogen-bond donors (Lipinski definition) is 0. The Morgan fingerprint density at radius 1 is 0.667 bits per heavy atom. The van der Waals surface area contributed by atoms with E-state index in [0.29, 0.717) is 13.1 Å². The van der Waals surface area contributed by atoms with Crippen LogP contribution in [0, 0.1) is 11.6 Å². The number of nitrogens with zero attached hydrogens (tertiary/aromatic N) is 3. The number of halogens is 2. The van der Waals surface area contributed by atoms with Crippen molar-refractivity contribution in [2.45, 2.75) is 45.9 Å². The molecule has 0 bridgehead atoms. The molecule has 0 aliphatic rings. The third kappa shape index (κ3) is 6.32. The number of imidazole rings is 1. The minimum Gasteiger partial charge on any atom is -0.326 e. The predicted molar refractivity (Wildman–Crippen MR) is 154 cm³/mol. The van der Waals surface area contributed by atoms with Crippen molar-refractivity contribution in [1.82, 2.24) is 14.5 Å². The van der Waals surface area contributed by atoms with Gasteiger partial charge in [0.1, 0.15) is 17.5 Å². The van der Waals surface area contributed by atoms with E-state index in [1.54, 1.807) is 0 Å². The first-order valence-electron chi connectivity index (χ1n) is 13.5. The molecule has 3 nitrogen and oxygen atoms in total. The first kappa shape index (κ1) is 26.5. The van der Waals surface area contributed by atoms with Crippen LogP contribution in [0.5, 0.6) is 0 Å². The highest BCUT2D eigenvalue weighted by molar-refractivity contribution is 5.68. The van der Waals surface area contributed by atoms with E-state index in [4.69, 9.17) is 4.98 Å². The fraction of sp³-hybridized carbons (Fsp3) is 0.206. The van der Waals surface area contributed by atoms with Crippen molar-refractivity contribution >= 4 is 0 Å². The third-order valence-corrected chi connectivity index (χ3v) is 6.95. The van der Waals surface area contributed by atoms with Gasteiger partial charge in [-0.25, -0.2) is 13.8 Å². The van der Waals surface area contributed by atoms with Gasteiger partial charge in [0.2, 0.25) is 0 Å². The van der Waals surface area contributed by atoms with Crippen molar-refractivity contribution in [2.75, 3.05) is 0 Å². The van der Waals surface area contributed by atoms with Crippen molar-refractivity contribution in [3.63, 3.8) is 0 Å². The van der Waals surface area contributed by atoms with Crippen LogP contribution in [0.4, 0.5) is 8.78 Å². The maximum atomic E-state index is 14.8. The molecule has 0 N–H and O–H groups in total. The molecule has 0 aliphatic heterocycles. The average molecular weight is 522 g/mol. The highest BCUT2D eigenvalue weighted by atomic mass is 19.1. The lowest BCUT2D eigenvalue weighted by Gasteiger charge is -2.25. The molecule has 1 aromatic heterocycles. The Bertz CT molecular complexity index is 1460. The van der Waals surface area contributed by atoms with Crippen LogP contribution in [0.2, 0.25) is 0 Å². The second kappa shape index (κ2) is 12.6. The fourth-order valence-corrected chi connectivity index (χ4v) is 4.97. The number of hydrogen-bond acceptors (Lipinski definition) is 2. The van der Waals surface area contributed by atoms with E-state index in [1.165, 1.54) is 18.2 Å². The SMILES string of the molecule is CCCCn1c(-c2ccccc2)nc(-c2ccccc2)c1CN(Cc1ccccc1)Cc1c(F)cccc1F. The van der Waals surface area contributed by atoms with Crippen molar-refractivity contribution in [2.24, 2.45) is 0 Å². The lowest BCUT2D eigenvalue weighted by molar-refractivity contribution is 0.234. The molecule has 0 atom stereocenters. The van der Waals surface area contributed by atoms with Crippen molar-refractivity contribution < 1.29 is 8.78 Å². The molecule has 5 heteroatoms. The molecule has 0 saturated heterocycles. The van der Waals surface area contributed by atoms with E-state index in [-0.39, 0.29) is 12.1 Å². The lowest BCUT2D eigenvalue weighted by Crippen LogP contribution is -2.25. The van der Waals surface area contributed by atoms with Gasteiger partial charge >= 0.3 is 0 Å². The minimum absolute atomic E-state index is 0.0811. The molecular formula is C34H33F2N3. The van der Waals surface area contributed by atoms with Gasteiger partial charge in [0.05, 0.1) is 11.4 Å². The van der Waals surface area contributed by atoms with Gasteiger partial charge in [0, 0.05) is 42.9 Å². The maximum absolute atomic E-state index is 14.8. The molecule has 0 radical (unpaired) electrons. The van der Waals surface area contributed by atoms with Crippen LogP contribution in [-0.2, 0) is 26.2 Å². The van der Waals surface area contributed by atoms with E-state index < -0.39 is 11.6 Å². The summed E-state index contributed by atoms with van der Waals surface area (Å²) in [5.41, 5.74) is 5.18. The Hall–Kier alpha value is -4.09. The molecule has 5 rings (SSSR count). The van der Waals surface area contributed by atoms with Crippen molar-refractivity contribution in [3.05, 3.63) is 138 Å². The van der Waals surface area contributed by atoms with Crippen LogP contribution < -0.4 is 0 Å². The monoisotopic (exact) mass is 521 g/mol. The van der Waals surface area contributed by atoms with Gasteiger partial charge in [-0.3, -0.25) is 4.90 Å². The Morgan fingerprint density at radius 3 is 1.87 bits per heavy atom. The van der Waals surface area contributed by atoms with Crippen molar-refractivity contribution in [1.29, 1.82) is 0 Å². The maximum Gasteiger partial charge on any atom is 0.140 e. The van der Waals surface area contributed by atoms with Crippen LogP contribution in [0.15, 0.2) is 109 Å². The summed E-state index contributed by atoms with van der Waals surface area (Å²) in [6.07, 6.45) is 2.04. The zero-order chi connectivity index (χ0) is 27.0. The normalized spacial score (nSPS) is 11.3. The van der Waals surface area contributed by atoms with Crippen LogP contribution >= 0.6 is 0 Å². The zero-order valence-corrected chi connectivity index (χ0v) is 22.2. The molecule has 4 aromatic carbocycles. The smallest absolute Gasteiger partial charge is 0.140 e.